The second-order valence-electron chi connectivity index (χ2n) is 3.68. The van der Waals surface area contributed by atoms with Crippen LogP contribution >= 0.6 is 0 Å². The maximum Gasteiger partial charge on any atom is 0.161 e. The van der Waals surface area contributed by atoms with E-state index in [0.717, 1.165) is 6.29 Å². The molecule has 0 saturated carbocycles. The molecule has 0 amide bonds. The van der Waals surface area contributed by atoms with Gasteiger partial charge in [-0.25, -0.2) is 0 Å². The van der Waals surface area contributed by atoms with Gasteiger partial charge in [0.25, 0.3) is 0 Å². The van der Waals surface area contributed by atoms with Crippen molar-refractivity contribution >= 4 is 12.1 Å². The van der Waals surface area contributed by atoms with Crippen LogP contribution in [-0.2, 0) is 4.79 Å². The molecule has 4 nitrogen and oxygen atoms in total. The van der Waals surface area contributed by atoms with Gasteiger partial charge in [-0.05, 0) is 31.5 Å². The number of rotatable bonds is 7. The highest BCUT2D eigenvalue weighted by atomic mass is 16.5. The molecule has 0 spiro atoms. The Labute approximate surface area is 101 Å². The Morgan fingerprint density at radius 3 is 2.71 bits per heavy atom. The average molecular weight is 236 g/mol. The first-order chi connectivity index (χ1) is 8.17. The molecule has 0 saturated heterocycles. The summed E-state index contributed by atoms with van der Waals surface area (Å²) < 4.78 is 10.6. The number of Topliss-reactive ketones (excluding diaryl/α,β-unsaturated/α-hetero) is 1. The molecular formula is C13H16O4. The summed E-state index contributed by atoms with van der Waals surface area (Å²) in [6.07, 6.45) is 1.94. The summed E-state index contributed by atoms with van der Waals surface area (Å²) in [7, 11) is 1.52. The van der Waals surface area contributed by atoms with Crippen LogP contribution < -0.4 is 9.47 Å². The molecule has 0 aliphatic heterocycles. The number of hydrogen-bond acceptors (Lipinski definition) is 4. The van der Waals surface area contributed by atoms with Crippen molar-refractivity contribution in [3.8, 4) is 11.5 Å². The summed E-state index contributed by atoms with van der Waals surface area (Å²) in [6.45, 7) is 2.01. The number of methoxy groups -OCH3 is 1. The van der Waals surface area contributed by atoms with Crippen LogP contribution in [0.3, 0.4) is 0 Å². The third kappa shape index (κ3) is 4.26. The van der Waals surface area contributed by atoms with E-state index in [9.17, 15) is 9.59 Å². The molecule has 0 aliphatic carbocycles. The summed E-state index contributed by atoms with van der Waals surface area (Å²) in [5.41, 5.74) is 0.540. The first kappa shape index (κ1) is 13.2. The quantitative estimate of drug-likeness (QED) is 0.538. The van der Waals surface area contributed by atoms with Gasteiger partial charge in [-0.2, -0.15) is 0 Å². The number of carbonyl (C=O) groups excluding carboxylic acids is 2. The van der Waals surface area contributed by atoms with E-state index in [2.05, 4.69) is 0 Å². The molecular weight excluding hydrogens is 220 g/mol. The number of benzene rings is 1. The summed E-state index contributed by atoms with van der Waals surface area (Å²) in [6, 6.07) is 4.97. The smallest absolute Gasteiger partial charge is 0.161 e. The Morgan fingerprint density at radius 1 is 1.35 bits per heavy atom. The van der Waals surface area contributed by atoms with Gasteiger partial charge in [0.1, 0.15) is 12.1 Å². The van der Waals surface area contributed by atoms with E-state index in [4.69, 9.17) is 9.47 Å². The Hall–Kier alpha value is -1.84. The third-order valence-corrected chi connectivity index (χ3v) is 2.25. The minimum atomic E-state index is 0.150. The van der Waals surface area contributed by atoms with Crippen molar-refractivity contribution in [3.63, 3.8) is 0 Å². The monoisotopic (exact) mass is 236 g/mol. The summed E-state index contributed by atoms with van der Waals surface area (Å²) in [5.74, 6) is 1.26. The van der Waals surface area contributed by atoms with E-state index in [1.807, 2.05) is 0 Å². The molecule has 0 heterocycles. The maximum atomic E-state index is 10.7. The van der Waals surface area contributed by atoms with E-state index in [1.54, 1.807) is 25.1 Å². The Bertz CT molecular complexity index is 398. The van der Waals surface area contributed by atoms with Gasteiger partial charge in [-0.1, -0.05) is 0 Å². The van der Waals surface area contributed by atoms with Gasteiger partial charge in [0.05, 0.1) is 13.7 Å². The van der Waals surface area contributed by atoms with Crippen molar-refractivity contribution in [2.45, 2.75) is 19.8 Å². The van der Waals surface area contributed by atoms with Crippen molar-refractivity contribution in [2.24, 2.45) is 0 Å². The van der Waals surface area contributed by atoms with Crippen molar-refractivity contribution in [2.75, 3.05) is 13.7 Å². The van der Waals surface area contributed by atoms with Crippen molar-refractivity contribution in [3.05, 3.63) is 23.8 Å². The van der Waals surface area contributed by atoms with E-state index in [-0.39, 0.29) is 5.78 Å². The Kier molecular flexibility index (Phi) is 5.20. The van der Waals surface area contributed by atoms with Gasteiger partial charge in [-0.3, -0.25) is 4.79 Å². The average Bonchev–Trinajstić information content (AvgIpc) is 2.34. The highest BCUT2D eigenvalue weighted by Crippen LogP contribution is 2.27. The van der Waals surface area contributed by atoms with Crippen molar-refractivity contribution in [1.29, 1.82) is 0 Å². The number of carbonyl (C=O) groups is 2. The fraction of sp³-hybridized carbons (Fsp3) is 0.385. The first-order valence-corrected chi connectivity index (χ1v) is 5.43. The van der Waals surface area contributed by atoms with Gasteiger partial charge >= 0.3 is 0 Å². The largest absolute Gasteiger partial charge is 0.493 e. The molecule has 0 aromatic heterocycles. The fourth-order valence-electron chi connectivity index (χ4n) is 1.38. The fourth-order valence-corrected chi connectivity index (χ4v) is 1.38. The van der Waals surface area contributed by atoms with Gasteiger partial charge in [0.15, 0.2) is 11.5 Å². The normalized spacial score (nSPS) is 9.76. The minimum absolute atomic E-state index is 0.150. The molecule has 0 radical (unpaired) electrons. The topological polar surface area (TPSA) is 52.6 Å². The molecule has 1 aromatic carbocycles. The lowest BCUT2D eigenvalue weighted by molar-refractivity contribution is -0.117. The minimum Gasteiger partial charge on any atom is -0.493 e. The predicted molar refractivity (Wildman–Crippen MR) is 63.8 cm³/mol. The van der Waals surface area contributed by atoms with Crippen LogP contribution in [-0.4, -0.2) is 25.8 Å². The van der Waals surface area contributed by atoms with E-state index in [1.165, 1.54) is 7.11 Å². The van der Waals surface area contributed by atoms with E-state index >= 15 is 0 Å². The number of hydrogen-bond donors (Lipinski definition) is 0. The first-order valence-electron chi connectivity index (χ1n) is 5.43. The zero-order chi connectivity index (χ0) is 12.7. The summed E-state index contributed by atoms with van der Waals surface area (Å²) >= 11 is 0. The number of ether oxygens (including phenoxy) is 2. The van der Waals surface area contributed by atoms with Crippen LogP contribution in [0.1, 0.15) is 30.1 Å². The van der Waals surface area contributed by atoms with E-state index in [0.29, 0.717) is 36.5 Å². The number of ketones is 1. The Morgan fingerprint density at radius 2 is 2.12 bits per heavy atom. The zero-order valence-electron chi connectivity index (χ0n) is 10.1. The van der Waals surface area contributed by atoms with Gasteiger partial charge in [-0.15, -0.1) is 0 Å². The van der Waals surface area contributed by atoms with Crippen LogP contribution in [0.25, 0.3) is 0 Å². The van der Waals surface area contributed by atoms with Crippen LogP contribution in [0.4, 0.5) is 0 Å². The molecule has 0 bridgehead atoms. The number of aldehydes is 1. The second-order valence-corrected chi connectivity index (χ2v) is 3.68. The lowest BCUT2D eigenvalue weighted by Gasteiger charge is -2.10. The molecule has 4 heteroatoms. The van der Waals surface area contributed by atoms with Crippen molar-refractivity contribution < 1.29 is 19.1 Å². The van der Waals surface area contributed by atoms with Gasteiger partial charge in [0, 0.05) is 12.0 Å². The lowest BCUT2D eigenvalue weighted by atomic mass is 10.2. The molecule has 1 rings (SSSR count). The SMILES string of the molecule is COc1cc(C=O)ccc1OCCCC(C)=O. The molecule has 17 heavy (non-hydrogen) atoms. The summed E-state index contributed by atoms with van der Waals surface area (Å²) in [4.78, 5) is 21.3. The van der Waals surface area contributed by atoms with Crippen LogP contribution in [0.5, 0.6) is 11.5 Å². The maximum absolute atomic E-state index is 10.7. The van der Waals surface area contributed by atoms with Gasteiger partial charge < -0.3 is 14.3 Å². The molecule has 0 N–H and O–H groups in total. The van der Waals surface area contributed by atoms with Gasteiger partial charge in [0.2, 0.25) is 0 Å². The molecule has 1 aromatic rings. The predicted octanol–water partition coefficient (Wildman–Crippen LogP) is 2.26. The standard InChI is InChI=1S/C13H16O4/c1-10(15)4-3-7-17-12-6-5-11(9-14)8-13(12)16-2/h5-6,8-9H,3-4,7H2,1-2H3. The molecule has 92 valence electrons. The summed E-state index contributed by atoms with van der Waals surface area (Å²) in [5, 5.41) is 0. The highest BCUT2D eigenvalue weighted by molar-refractivity contribution is 5.76. The zero-order valence-corrected chi connectivity index (χ0v) is 10.1. The van der Waals surface area contributed by atoms with Crippen LogP contribution in [0, 0.1) is 0 Å². The lowest BCUT2D eigenvalue weighted by Crippen LogP contribution is -2.02. The molecule has 0 fully saturated rings. The van der Waals surface area contributed by atoms with Crippen molar-refractivity contribution in [1.82, 2.24) is 0 Å². The molecule has 0 atom stereocenters. The molecule has 0 unspecified atom stereocenters. The van der Waals surface area contributed by atoms with Crippen LogP contribution in [0.2, 0.25) is 0 Å². The van der Waals surface area contributed by atoms with Crippen LogP contribution in [0.15, 0.2) is 18.2 Å². The third-order valence-electron chi connectivity index (χ3n) is 2.25. The van der Waals surface area contributed by atoms with E-state index < -0.39 is 0 Å². The highest BCUT2D eigenvalue weighted by Gasteiger charge is 2.05. The Balaban J connectivity index is 2.58. The molecule has 0 aliphatic rings. The second kappa shape index (κ2) is 6.68.